The molecule has 7 nitrogen and oxygen atoms in total. The van der Waals surface area contributed by atoms with Gasteiger partial charge in [-0.2, -0.15) is 0 Å². The van der Waals surface area contributed by atoms with Crippen LogP contribution >= 0.6 is 0 Å². The van der Waals surface area contributed by atoms with Gasteiger partial charge in [0.25, 0.3) is 5.91 Å². The fourth-order valence-corrected chi connectivity index (χ4v) is 4.24. The van der Waals surface area contributed by atoms with Gasteiger partial charge in [0, 0.05) is 24.3 Å². The van der Waals surface area contributed by atoms with E-state index in [0.29, 0.717) is 17.9 Å². The summed E-state index contributed by atoms with van der Waals surface area (Å²) in [6.45, 7) is 6.61. The second-order valence-corrected chi connectivity index (χ2v) is 8.59. The van der Waals surface area contributed by atoms with Gasteiger partial charge in [-0.1, -0.05) is 30.3 Å². The quantitative estimate of drug-likeness (QED) is 0.511. The number of carbonyl (C=O) groups excluding carboxylic acids is 3. The zero-order valence-corrected chi connectivity index (χ0v) is 20.1. The molecular formula is C28H29N3O4. The van der Waals surface area contributed by atoms with Crippen LogP contribution in [-0.4, -0.2) is 30.9 Å². The summed E-state index contributed by atoms with van der Waals surface area (Å²) in [5, 5.41) is 5.83. The van der Waals surface area contributed by atoms with Crippen LogP contribution in [0.4, 0.5) is 17.1 Å². The minimum Gasteiger partial charge on any atom is -0.494 e. The molecule has 0 saturated carbocycles. The van der Waals surface area contributed by atoms with Gasteiger partial charge < -0.3 is 20.3 Å². The molecule has 35 heavy (non-hydrogen) atoms. The summed E-state index contributed by atoms with van der Waals surface area (Å²) < 4.78 is 5.46. The van der Waals surface area contributed by atoms with Gasteiger partial charge in [-0.3, -0.25) is 14.4 Å². The van der Waals surface area contributed by atoms with Crippen LogP contribution in [0.5, 0.6) is 5.75 Å². The number of aryl methyl sites for hydroxylation is 2. The highest BCUT2D eigenvalue weighted by Gasteiger charge is 2.35. The Bertz CT molecular complexity index is 1230. The first-order valence-corrected chi connectivity index (χ1v) is 11.7. The number of ether oxygens (including phenoxy) is 1. The molecule has 1 atom stereocenters. The summed E-state index contributed by atoms with van der Waals surface area (Å²) in [4.78, 5) is 40.4. The summed E-state index contributed by atoms with van der Waals surface area (Å²) in [5.74, 6) is -0.511. The monoisotopic (exact) mass is 471 g/mol. The average molecular weight is 472 g/mol. The van der Waals surface area contributed by atoms with Crippen LogP contribution in [0, 0.1) is 19.8 Å². The molecule has 0 spiro atoms. The van der Waals surface area contributed by atoms with Crippen molar-refractivity contribution in [3.05, 3.63) is 83.4 Å². The number of hydrogen-bond donors (Lipinski definition) is 2. The molecule has 1 heterocycles. The van der Waals surface area contributed by atoms with Crippen LogP contribution in [-0.2, 0) is 9.59 Å². The van der Waals surface area contributed by atoms with Gasteiger partial charge in [-0.05, 0) is 68.3 Å². The molecule has 180 valence electrons. The van der Waals surface area contributed by atoms with Crippen molar-refractivity contribution in [3.63, 3.8) is 0 Å². The molecule has 0 bridgehead atoms. The topological polar surface area (TPSA) is 87.7 Å². The SMILES string of the molecule is CCOc1ccc(N2C[C@H](C(=O)Nc3ccccc3C(=O)Nc3c(C)cccc3C)CC2=O)cc1. The number of nitrogens with one attached hydrogen (secondary N) is 2. The van der Waals surface area contributed by atoms with Gasteiger partial charge in [0.2, 0.25) is 11.8 Å². The van der Waals surface area contributed by atoms with Crippen molar-refractivity contribution in [1.82, 2.24) is 0 Å². The van der Waals surface area contributed by atoms with E-state index in [0.717, 1.165) is 28.3 Å². The van der Waals surface area contributed by atoms with Crippen molar-refractivity contribution >= 4 is 34.8 Å². The van der Waals surface area contributed by atoms with Crippen LogP contribution in [0.3, 0.4) is 0 Å². The molecule has 1 saturated heterocycles. The van der Waals surface area contributed by atoms with Crippen molar-refractivity contribution in [2.75, 3.05) is 28.7 Å². The lowest BCUT2D eigenvalue weighted by Crippen LogP contribution is -2.28. The Morgan fingerprint density at radius 2 is 1.63 bits per heavy atom. The number of hydrogen-bond acceptors (Lipinski definition) is 4. The molecule has 1 aliphatic rings. The Morgan fingerprint density at radius 1 is 0.943 bits per heavy atom. The normalized spacial score (nSPS) is 15.1. The first-order chi connectivity index (χ1) is 16.9. The van der Waals surface area contributed by atoms with Gasteiger partial charge in [0.1, 0.15) is 5.75 Å². The molecule has 4 rings (SSSR count). The largest absolute Gasteiger partial charge is 0.494 e. The number of anilines is 3. The molecular weight excluding hydrogens is 442 g/mol. The van der Waals surface area contributed by atoms with Crippen LogP contribution in [0.1, 0.15) is 34.8 Å². The summed E-state index contributed by atoms with van der Waals surface area (Å²) in [6, 6.07) is 19.9. The van der Waals surface area contributed by atoms with E-state index in [2.05, 4.69) is 10.6 Å². The summed E-state index contributed by atoms with van der Waals surface area (Å²) >= 11 is 0. The zero-order chi connectivity index (χ0) is 24.9. The molecule has 0 aliphatic carbocycles. The Morgan fingerprint density at radius 3 is 2.31 bits per heavy atom. The van der Waals surface area contributed by atoms with Crippen molar-refractivity contribution in [1.29, 1.82) is 0 Å². The first-order valence-electron chi connectivity index (χ1n) is 11.7. The highest BCUT2D eigenvalue weighted by atomic mass is 16.5. The zero-order valence-electron chi connectivity index (χ0n) is 20.1. The van der Waals surface area contributed by atoms with E-state index < -0.39 is 5.92 Å². The summed E-state index contributed by atoms with van der Waals surface area (Å²) in [7, 11) is 0. The Kier molecular flexibility index (Phi) is 7.15. The lowest BCUT2D eigenvalue weighted by atomic mass is 10.1. The predicted molar refractivity (Wildman–Crippen MR) is 137 cm³/mol. The van der Waals surface area contributed by atoms with Crippen molar-refractivity contribution in [2.45, 2.75) is 27.2 Å². The van der Waals surface area contributed by atoms with E-state index in [-0.39, 0.29) is 30.7 Å². The maximum absolute atomic E-state index is 13.1. The second-order valence-electron chi connectivity index (χ2n) is 8.59. The molecule has 0 aromatic heterocycles. The summed E-state index contributed by atoms with van der Waals surface area (Å²) in [5.41, 5.74) is 4.16. The number of nitrogens with zero attached hydrogens (tertiary/aromatic N) is 1. The maximum atomic E-state index is 13.1. The number of carbonyl (C=O) groups is 3. The fraction of sp³-hybridized carbons (Fsp3) is 0.250. The number of amides is 3. The minimum absolute atomic E-state index is 0.107. The number of para-hydroxylation sites is 2. The molecule has 3 aromatic carbocycles. The minimum atomic E-state index is -0.524. The standard InChI is InChI=1S/C28H29N3O4/c1-4-35-22-14-12-21(13-15-22)31-17-20(16-25(31)32)27(33)29-24-11-6-5-10-23(24)28(34)30-26-18(2)8-7-9-19(26)3/h5-15,20H,4,16-17H2,1-3H3,(H,29,33)(H,30,34)/t20-/m1/s1. The first kappa shape index (κ1) is 24.0. The van der Waals surface area contributed by atoms with E-state index in [1.54, 1.807) is 29.2 Å². The fourth-order valence-electron chi connectivity index (χ4n) is 4.24. The van der Waals surface area contributed by atoms with Crippen molar-refractivity contribution < 1.29 is 19.1 Å². The van der Waals surface area contributed by atoms with Crippen LogP contribution in [0.2, 0.25) is 0 Å². The van der Waals surface area contributed by atoms with E-state index in [1.807, 2.05) is 63.2 Å². The van der Waals surface area contributed by atoms with Gasteiger partial charge >= 0.3 is 0 Å². The maximum Gasteiger partial charge on any atom is 0.257 e. The highest BCUT2D eigenvalue weighted by molar-refractivity contribution is 6.11. The van der Waals surface area contributed by atoms with E-state index in [4.69, 9.17) is 4.74 Å². The molecule has 1 aliphatic heterocycles. The van der Waals surface area contributed by atoms with E-state index >= 15 is 0 Å². The molecule has 0 radical (unpaired) electrons. The predicted octanol–water partition coefficient (Wildman–Crippen LogP) is 4.95. The molecule has 7 heteroatoms. The van der Waals surface area contributed by atoms with Crippen LogP contribution in [0.15, 0.2) is 66.7 Å². The Labute approximate surface area is 205 Å². The second kappa shape index (κ2) is 10.4. The van der Waals surface area contributed by atoms with Crippen molar-refractivity contribution in [3.8, 4) is 5.75 Å². The Balaban J connectivity index is 1.46. The lowest BCUT2D eigenvalue weighted by Gasteiger charge is -2.18. The van der Waals surface area contributed by atoms with Gasteiger partial charge in [0.15, 0.2) is 0 Å². The lowest BCUT2D eigenvalue weighted by molar-refractivity contribution is -0.122. The molecule has 0 unspecified atom stereocenters. The number of benzene rings is 3. The Hall–Kier alpha value is -4.13. The molecule has 3 amide bonds. The molecule has 2 N–H and O–H groups in total. The number of rotatable bonds is 7. The molecule has 3 aromatic rings. The summed E-state index contributed by atoms with van der Waals surface area (Å²) in [6.07, 6.45) is 0.107. The van der Waals surface area contributed by atoms with Crippen LogP contribution in [0.25, 0.3) is 0 Å². The van der Waals surface area contributed by atoms with E-state index in [9.17, 15) is 14.4 Å². The average Bonchev–Trinajstić information content (AvgIpc) is 3.24. The third kappa shape index (κ3) is 5.35. The third-order valence-electron chi connectivity index (χ3n) is 6.10. The molecule has 1 fully saturated rings. The van der Waals surface area contributed by atoms with E-state index in [1.165, 1.54) is 0 Å². The van der Waals surface area contributed by atoms with Crippen molar-refractivity contribution in [2.24, 2.45) is 5.92 Å². The van der Waals surface area contributed by atoms with Gasteiger partial charge in [-0.25, -0.2) is 0 Å². The van der Waals surface area contributed by atoms with Crippen LogP contribution < -0.4 is 20.3 Å². The third-order valence-corrected chi connectivity index (χ3v) is 6.10. The van der Waals surface area contributed by atoms with Gasteiger partial charge in [0.05, 0.1) is 23.8 Å². The smallest absolute Gasteiger partial charge is 0.257 e. The highest BCUT2D eigenvalue weighted by Crippen LogP contribution is 2.28. The van der Waals surface area contributed by atoms with Gasteiger partial charge in [-0.15, -0.1) is 0 Å².